The van der Waals surface area contributed by atoms with Gasteiger partial charge in [0.2, 0.25) is 0 Å². The zero-order valence-electron chi connectivity index (χ0n) is 6.63. The van der Waals surface area contributed by atoms with E-state index < -0.39 is 11.7 Å². The molecular weight excluding hydrogens is 250 g/mol. The van der Waals surface area contributed by atoms with E-state index in [1.165, 1.54) is 0 Å². The Bertz CT molecular complexity index is 175. The Balaban J connectivity index is 3.98. The number of hydrogen-bond donors (Lipinski definition) is 3. The summed E-state index contributed by atoms with van der Waals surface area (Å²) in [5.41, 5.74) is -0.873. The van der Waals surface area contributed by atoms with Gasteiger partial charge in [-0.1, -0.05) is 0 Å². The van der Waals surface area contributed by atoms with Crippen molar-refractivity contribution in [1.82, 2.24) is 0 Å². The van der Waals surface area contributed by atoms with Crippen molar-refractivity contribution in [3.05, 3.63) is 0 Å². The van der Waals surface area contributed by atoms with Crippen LogP contribution in [0.4, 0.5) is 0 Å². The van der Waals surface area contributed by atoms with Gasteiger partial charge >= 0.3 is 78.2 Å². The molecule has 0 aliphatic heterocycles. The van der Waals surface area contributed by atoms with E-state index in [0.717, 1.165) is 0 Å². The number of aliphatic hydroxyl groups is 2. The summed E-state index contributed by atoms with van der Waals surface area (Å²) in [6, 6.07) is 0. The van der Waals surface area contributed by atoms with Crippen LogP contribution in [0.15, 0.2) is 0 Å². The predicted octanol–water partition coefficient (Wildman–Crippen LogP) is -0.737. The van der Waals surface area contributed by atoms with Crippen LogP contribution in [0, 0.1) is 5.41 Å². The first-order valence-electron chi connectivity index (χ1n) is 3.23. The number of aliphatic hydroxyl groups excluding tert-OH is 2. The molecule has 5 nitrogen and oxygen atoms in total. The van der Waals surface area contributed by atoms with Crippen molar-refractivity contribution in [1.29, 1.82) is 0 Å². The van der Waals surface area contributed by atoms with Crippen LogP contribution in [-0.2, 0) is 9.09 Å². The van der Waals surface area contributed by atoms with Crippen molar-refractivity contribution >= 4 is 21.9 Å². The third kappa shape index (κ3) is 5.27. The molecule has 0 aliphatic carbocycles. The predicted molar refractivity (Wildman–Crippen MR) is 43.8 cm³/mol. The topological polar surface area (TPSA) is 87.0 Å². The molecule has 0 saturated carbocycles. The monoisotopic (exact) mass is 263 g/mol. The van der Waals surface area contributed by atoms with Gasteiger partial charge in [0, 0.05) is 0 Å². The molecule has 0 aromatic carbocycles. The molecule has 1 atom stereocenters. The van der Waals surface area contributed by atoms with E-state index in [4.69, 9.17) is 15.1 Å². The van der Waals surface area contributed by atoms with Gasteiger partial charge in [0.1, 0.15) is 0 Å². The maximum atomic E-state index is 10.6. The molecule has 0 spiro atoms. The fourth-order valence-corrected chi connectivity index (χ4v) is 1.19. The van der Waals surface area contributed by atoms with Crippen LogP contribution >= 0.6 is 6.29 Å². The molecule has 0 saturated heterocycles. The van der Waals surface area contributed by atoms with Crippen LogP contribution in [0.1, 0.15) is 6.92 Å². The molecule has 0 rings (SSSR count). The van der Waals surface area contributed by atoms with Crippen LogP contribution in [0.3, 0.4) is 0 Å². The molecule has 3 N–H and O–H groups in total. The quantitative estimate of drug-likeness (QED) is 0.449. The Morgan fingerprint density at radius 3 is 2.17 bits per heavy atom. The van der Waals surface area contributed by atoms with Gasteiger partial charge < -0.3 is 0 Å². The molecule has 7 heteroatoms. The van der Waals surface area contributed by atoms with E-state index in [9.17, 15) is 4.57 Å². The van der Waals surface area contributed by atoms with Gasteiger partial charge in [-0.2, -0.15) is 0 Å². The molecule has 0 fully saturated rings. The zero-order chi connectivity index (χ0) is 9.83. The molecule has 0 amide bonds. The van der Waals surface area contributed by atoms with Crippen LogP contribution in [0.2, 0.25) is 0 Å². The average Bonchev–Trinajstić information content (AvgIpc) is 1.99. The van der Waals surface area contributed by atoms with Crippen LogP contribution in [0.25, 0.3) is 0 Å². The number of rotatable bonds is 5. The summed E-state index contributed by atoms with van der Waals surface area (Å²) < 4.78 is 15.1. The Labute approximate surface area is 78.7 Å². The molecule has 0 aliphatic rings. The second kappa shape index (κ2) is 4.72. The van der Waals surface area contributed by atoms with E-state index in [1.54, 1.807) is 6.92 Å². The first kappa shape index (κ1) is 12.6. The van der Waals surface area contributed by atoms with Gasteiger partial charge in [-0.3, -0.25) is 0 Å². The van der Waals surface area contributed by atoms with Crippen LogP contribution in [0.5, 0.6) is 0 Å². The van der Waals surface area contributed by atoms with Gasteiger partial charge in [0.25, 0.3) is 0 Å². The van der Waals surface area contributed by atoms with Gasteiger partial charge in [0.15, 0.2) is 0 Å². The SMILES string of the molecule is CC(CO)(CO)COP(=O)(O)[Se-]. The first-order chi connectivity index (χ1) is 5.33. The second-order valence-electron chi connectivity index (χ2n) is 2.87. The van der Waals surface area contributed by atoms with E-state index in [0.29, 0.717) is 0 Å². The Morgan fingerprint density at radius 1 is 1.50 bits per heavy atom. The summed E-state index contributed by atoms with van der Waals surface area (Å²) in [7, 11) is 0. The van der Waals surface area contributed by atoms with E-state index in [-0.39, 0.29) is 19.8 Å². The Morgan fingerprint density at radius 2 is 1.92 bits per heavy atom. The summed E-state index contributed by atoms with van der Waals surface area (Å²) in [6.45, 7) is 0.774. The minimum absolute atomic E-state index is 0.166. The molecule has 74 valence electrons. The summed E-state index contributed by atoms with van der Waals surface area (Å²) in [5.74, 6) is 0. The Kier molecular flexibility index (Phi) is 4.95. The van der Waals surface area contributed by atoms with Gasteiger partial charge in [-0.05, 0) is 0 Å². The third-order valence-electron chi connectivity index (χ3n) is 1.34. The molecular formula is C5H12O5PSe-. The molecule has 0 aromatic heterocycles. The fourth-order valence-electron chi connectivity index (χ4n) is 0.379. The Hall–Kier alpha value is 0.589. The van der Waals surface area contributed by atoms with Gasteiger partial charge in [0.05, 0.1) is 0 Å². The van der Waals surface area contributed by atoms with E-state index in [1.807, 2.05) is 15.6 Å². The van der Waals surface area contributed by atoms with Crippen molar-refractivity contribution in [3.63, 3.8) is 0 Å². The van der Waals surface area contributed by atoms with Gasteiger partial charge in [-0.15, -0.1) is 0 Å². The zero-order valence-corrected chi connectivity index (χ0v) is 9.24. The summed E-state index contributed by atoms with van der Waals surface area (Å²) in [4.78, 5) is 8.69. The molecule has 0 radical (unpaired) electrons. The molecule has 12 heavy (non-hydrogen) atoms. The van der Waals surface area contributed by atoms with Crippen LogP contribution in [-0.4, -0.2) is 50.5 Å². The van der Waals surface area contributed by atoms with Crippen molar-refractivity contribution in [3.8, 4) is 0 Å². The van der Waals surface area contributed by atoms with E-state index in [2.05, 4.69) is 4.52 Å². The van der Waals surface area contributed by atoms with E-state index >= 15 is 0 Å². The second-order valence-corrected chi connectivity index (χ2v) is 6.97. The number of hydrogen-bond acceptors (Lipinski definition) is 4. The normalized spacial score (nSPS) is 17.4. The van der Waals surface area contributed by atoms with Crippen molar-refractivity contribution in [2.24, 2.45) is 5.41 Å². The fraction of sp³-hybridized carbons (Fsp3) is 1.00. The van der Waals surface area contributed by atoms with Gasteiger partial charge in [-0.25, -0.2) is 0 Å². The first-order valence-corrected chi connectivity index (χ1v) is 7.02. The molecule has 1 unspecified atom stereocenters. The summed E-state index contributed by atoms with van der Waals surface area (Å²) >= 11 is 1.96. The molecule has 0 aromatic rings. The minimum atomic E-state index is -3.64. The van der Waals surface area contributed by atoms with Crippen molar-refractivity contribution < 1.29 is 24.2 Å². The van der Waals surface area contributed by atoms with Crippen molar-refractivity contribution in [2.45, 2.75) is 6.92 Å². The van der Waals surface area contributed by atoms with Crippen molar-refractivity contribution in [2.75, 3.05) is 19.8 Å². The van der Waals surface area contributed by atoms with Crippen LogP contribution < -0.4 is 0 Å². The average molecular weight is 262 g/mol. The molecule has 0 heterocycles. The summed E-state index contributed by atoms with van der Waals surface area (Å²) in [5, 5.41) is 17.5. The standard InChI is InChI=1S/C5H13O5PSe/c1-5(2-6,3-7)4-10-11(8,9)12/h6-7H,2-4H2,1H3,(H2,8,9,12)/p-1. The summed E-state index contributed by atoms with van der Waals surface area (Å²) in [6.07, 6.45) is -3.64. The molecule has 0 bridgehead atoms. The third-order valence-corrected chi connectivity index (χ3v) is 2.46. The maximum absolute atomic E-state index is 10.6.